The van der Waals surface area contributed by atoms with Crippen molar-refractivity contribution in [2.45, 2.75) is 17.0 Å². The maximum atomic E-state index is 13.4. The van der Waals surface area contributed by atoms with E-state index < -0.39 is 5.82 Å². The summed E-state index contributed by atoms with van der Waals surface area (Å²) >= 11 is 1.23. The van der Waals surface area contributed by atoms with E-state index in [0.717, 1.165) is 5.82 Å². The molecule has 86 valence electrons. The molecule has 0 N–H and O–H groups in total. The molecule has 0 aliphatic carbocycles. The summed E-state index contributed by atoms with van der Waals surface area (Å²) in [5.41, 5.74) is 0.0400. The molecule has 2 aromatic rings. The van der Waals surface area contributed by atoms with Gasteiger partial charge < -0.3 is 4.57 Å². The van der Waals surface area contributed by atoms with Crippen molar-refractivity contribution in [3.63, 3.8) is 0 Å². The maximum Gasteiger partial charge on any atom is 0.195 e. The van der Waals surface area contributed by atoms with Crippen LogP contribution in [0.25, 0.3) is 0 Å². The third-order valence-corrected chi connectivity index (χ3v) is 3.44. The summed E-state index contributed by atoms with van der Waals surface area (Å²) in [6.45, 7) is 1.83. The van der Waals surface area contributed by atoms with Crippen LogP contribution in [0.4, 0.5) is 4.39 Å². The van der Waals surface area contributed by atoms with E-state index >= 15 is 0 Å². The van der Waals surface area contributed by atoms with E-state index in [4.69, 9.17) is 5.26 Å². The molecule has 0 saturated carbocycles. The van der Waals surface area contributed by atoms with E-state index in [0.29, 0.717) is 10.1 Å². The van der Waals surface area contributed by atoms with Crippen molar-refractivity contribution < 1.29 is 4.39 Å². The zero-order chi connectivity index (χ0) is 12.4. The smallest absolute Gasteiger partial charge is 0.195 e. The van der Waals surface area contributed by atoms with Gasteiger partial charge in [-0.15, -0.1) is 10.2 Å². The van der Waals surface area contributed by atoms with Crippen LogP contribution in [-0.2, 0) is 7.05 Å². The monoisotopic (exact) mass is 248 g/mol. The molecule has 2 rings (SSSR count). The fourth-order valence-corrected chi connectivity index (χ4v) is 2.21. The minimum Gasteiger partial charge on any atom is -0.309 e. The lowest BCUT2D eigenvalue weighted by Crippen LogP contribution is -1.94. The molecule has 0 unspecified atom stereocenters. The highest BCUT2D eigenvalue weighted by Crippen LogP contribution is 2.29. The SMILES string of the molecule is Cc1nnc(Sc2cccc(F)c2C#N)n1C. The van der Waals surface area contributed by atoms with Gasteiger partial charge in [0.05, 0.1) is 0 Å². The Kier molecular flexibility index (Phi) is 3.11. The van der Waals surface area contributed by atoms with E-state index in [-0.39, 0.29) is 5.56 Å². The minimum atomic E-state index is -0.517. The third-order valence-electron chi connectivity index (χ3n) is 2.34. The van der Waals surface area contributed by atoms with Crippen LogP contribution >= 0.6 is 11.8 Å². The summed E-state index contributed by atoms with van der Waals surface area (Å²) in [4.78, 5) is 0.544. The van der Waals surface area contributed by atoms with Crippen molar-refractivity contribution >= 4 is 11.8 Å². The Bertz CT molecular complexity index is 600. The second-order valence-electron chi connectivity index (χ2n) is 3.42. The zero-order valence-electron chi connectivity index (χ0n) is 9.31. The first-order chi connectivity index (χ1) is 8.13. The lowest BCUT2D eigenvalue weighted by molar-refractivity contribution is 0.619. The fraction of sp³-hybridized carbons (Fsp3) is 0.182. The predicted molar refractivity (Wildman–Crippen MR) is 61.0 cm³/mol. The van der Waals surface area contributed by atoms with Gasteiger partial charge in [0, 0.05) is 11.9 Å². The Morgan fingerprint density at radius 3 is 2.76 bits per heavy atom. The maximum absolute atomic E-state index is 13.4. The topological polar surface area (TPSA) is 54.5 Å². The summed E-state index contributed by atoms with van der Waals surface area (Å²) < 4.78 is 15.2. The van der Waals surface area contributed by atoms with E-state index in [1.165, 1.54) is 17.8 Å². The van der Waals surface area contributed by atoms with Gasteiger partial charge in [0.15, 0.2) is 5.16 Å². The van der Waals surface area contributed by atoms with Crippen LogP contribution in [0.3, 0.4) is 0 Å². The molecule has 0 radical (unpaired) electrons. The average molecular weight is 248 g/mol. The molecular weight excluding hydrogens is 239 g/mol. The molecule has 0 aliphatic rings. The number of hydrogen-bond donors (Lipinski definition) is 0. The van der Waals surface area contributed by atoms with Crippen LogP contribution in [0, 0.1) is 24.1 Å². The Morgan fingerprint density at radius 1 is 1.41 bits per heavy atom. The first-order valence-electron chi connectivity index (χ1n) is 4.86. The lowest BCUT2D eigenvalue weighted by atomic mass is 10.2. The second-order valence-corrected chi connectivity index (χ2v) is 4.42. The highest BCUT2D eigenvalue weighted by molar-refractivity contribution is 7.99. The van der Waals surface area contributed by atoms with Crippen LogP contribution < -0.4 is 0 Å². The second kappa shape index (κ2) is 4.55. The molecule has 0 bridgehead atoms. The van der Waals surface area contributed by atoms with E-state index in [9.17, 15) is 4.39 Å². The summed E-state index contributed by atoms with van der Waals surface area (Å²) in [5.74, 6) is 0.249. The van der Waals surface area contributed by atoms with Crippen molar-refractivity contribution in [3.05, 3.63) is 35.4 Å². The molecule has 1 aromatic carbocycles. The van der Waals surface area contributed by atoms with Gasteiger partial charge in [0.1, 0.15) is 23.3 Å². The highest BCUT2D eigenvalue weighted by atomic mass is 32.2. The van der Waals surface area contributed by atoms with Gasteiger partial charge >= 0.3 is 0 Å². The molecule has 0 amide bonds. The van der Waals surface area contributed by atoms with Gasteiger partial charge in [-0.05, 0) is 30.8 Å². The fourth-order valence-electron chi connectivity index (χ4n) is 1.27. The number of benzene rings is 1. The van der Waals surface area contributed by atoms with Crippen molar-refractivity contribution in [3.8, 4) is 6.07 Å². The first kappa shape index (κ1) is 11.6. The Hall–Kier alpha value is -1.87. The molecule has 0 fully saturated rings. The van der Waals surface area contributed by atoms with E-state index in [1.807, 2.05) is 20.0 Å². The summed E-state index contributed by atoms with van der Waals surface area (Å²) in [5, 5.41) is 17.4. The number of rotatable bonds is 2. The normalized spacial score (nSPS) is 10.2. The molecule has 0 aliphatic heterocycles. The molecule has 6 heteroatoms. The van der Waals surface area contributed by atoms with Crippen LogP contribution in [0.2, 0.25) is 0 Å². The molecular formula is C11H9FN4S. The Balaban J connectivity index is 2.41. The van der Waals surface area contributed by atoms with Crippen LogP contribution in [0.5, 0.6) is 0 Å². The summed E-state index contributed by atoms with van der Waals surface area (Å²) in [6.07, 6.45) is 0. The summed E-state index contributed by atoms with van der Waals surface area (Å²) in [6, 6.07) is 6.39. The van der Waals surface area contributed by atoms with E-state index in [1.54, 1.807) is 16.7 Å². The van der Waals surface area contributed by atoms with Crippen molar-refractivity contribution in [1.29, 1.82) is 5.26 Å². The van der Waals surface area contributed by atoms with Crippen molar-refractivity contribution in [2.24, 2.45) is 7.05 Å². The predicted octanol–water partition coefficient (Wildman–Crippen LogP) is 2.29. The number of hydrogen-bond acceptors (Lipinski definition) is 4. The third kappa shape index (κ3) is 2.15. The Morgan fingerprint density at radius 2 is 2.18 bits per heavy atom. The highest BCUT2D eigenvalue weighted by Gasteiger charge is 2.12. The molecule has 1 aromatic heterocycles. The number of nitriles is 1. The molecule has 0 atom stereocenters. The number of halogens is 1. The molecule has 17 heavy (non-hydrogen) atoms. The quantitative estimate of drug-likeness (QED) is 0.818. The van der Waals surface area contributed by atoms with Gasteiger partial charge in [-0.1, -0.05) is 6.07 Å². The zero-order valence-corrected chi connectivity index (χ0v) is 10.1. The average Bonchev–Trinajstić information content (AvgIpc) is 2.61. The lowest BCUT2D eigenvalue weighted by Gasteiger charge is -2.03. The van der Waals surface area contributed by atoms with Crippen molar-refractivity contribution in [2.75, 3.05) is 0 Å². The van der Waals surface area contributed by atoms with Gasteiger partial charge in [-0.2, -0.15) is 5.26 Å². The standard InChI is InChI=1S/C11H9FN4S/c1-7-14-15-11(16(7)2)17-10-5-3-4-9(12)8(10)6-13/h3-5H,1-2H3. The molecule has 1 heterocycles. The minimum absolute atomic E-state index is 0.0400. The Labute approximate surface area is 102 Å². The molecule has 4 nitrogen and oxygen atoms in total. The number of aromatic nitrogens is 3. The number of aryl methyl sites for hydroxylation is 1. The van der Waals surface area contributed by atoms with Crippen LogP contribution in [0.1, 0.15) is 11.4 Å². The molecule has 0 saturated heterocycles. The first-order valence-corrected chi connectivity index (χ1v) is 5.67. The molecule has 0 spiro atoms. The van der Waals surface area contributed by atoms with Gasteiger partial charge in [-0.25, -0.2) is 4.39 Å². The van der Waals surface area contributed by atoms with Crippen molar-refractivity contribution in [1.82, 2.24) is 14.8 Å². The van der Waals surface area contributed by atoms with Gasteiger partial charge in [0.25, 0.3) is 0 Å². The van der Waals surface area contributed by atoms with Gasteiger partial charge in [0.2, 0.25) is 0 Å². The van der Waals surface area contributed by atoms with Gasteiger partial charge in [-0.3, -0.25) is 0 Å². The van der Waals surface area contributed by atoms with Crippen LogP contribution in [0.15, 0.2) is 28.3 Å². The largest absolute Gasteiger partial charge is 0.309 e. The van der Waals surface area contributed by atoms with E-state index in [2.05, 4.69) is 10.2 Å². The summed E-state index contributed by atoms with van der Waals surface area (Å²) in [7, 11) is 1.82. The van der Waals surface area contributed by atoms with Crippen LogP contribution in [-0.4, -0.2) is 14.8 Å². The number of nitrogens with zero attached hydrogens (tertiary/aromatic N) is 4.